The van der Waals surface area contributed by atoms with Gasteiger partial charge in [0.25, 0.3) is 0 Å². The second-order valence-corrected chi connectivity index (χ2v) is 6.53. The highest BCUT2D eigenvalue weighted by Gasteiger charge is 2.30. The Bertz CT molecular complexity index is 325. The predicted octanol–water partition coefficient (Wildman–Crippen LogP) is 2.17. The lowest BCUT2D eigenvalue weighted by molar-refractivity contribution is -0.137. The van der Waals surface area contributed by atoms with Crippen LogP contribution >= 0.6 is 11.8 Å². The molecule has 0 radical (unpaired) electrons. The Morgan fingerprint density at radius 1 is 1.47 bits per heavy atom. The Morgan fingerprint density at radius 2 is 2.16 bits per heavy atom. The zero-order valence-corrected chi connectivity index (χ0v) is 12.7. The van der Waals surface area contributed by atoms with Gasteiger partial charge in [0, 0.05) is 29.6 Å². The highest BCUT2D eigenvalue weighted by atomic mass is 32.2. The maximum Gasteiger partial charge on any atom is 0.317 e. The number of amides is 2. The number of aliphatic carboxylic acids is 1. The molecule has 3 unspecified atom stereocenters. The molecule has 0 aromatic rings. The number of rotatable bonds is 5. The van der Waals surface area contributed by atoms with Crippen molar-refractivity contribution in [2.24, 2.45) is 0 Å². The van der Waals surface area contributed by atoms with Crippen molar-refractivity contribution in [1.82, 2.24) is 10.2 Å². The Labute approximate surface area is 119 Å². The number of thioether (sulfide) groups is 1. The van der Waals surface area contributed by atoms with Crippen molar-refractivity contribution >= 4 is 23.8 Å². The van der Waals surface area contributed by atoms with Gasteiger partial charge in [-0.2, -0.15) is 11.8 Å². The van der Waals surface area contributed by atoms with Gasteiger partial charge < -0.3 is 15.3 Å². The monoisotopic (exact) mass is 288 g/mol. The lowest BCUT2D eigenvalue weighted by Crippen LogP contribution is -2.54. The van der Waals surface area contributed by atoms with Crippen LogP contribution in [0.3, 0.4) is 0 Å². The molecule has 1 fully saturated rings. The molecule has 3 atom stereocenters. The average Bonchev–Trinajstić information content (AvgIpc) is 2.32. The minimum absolute atomic E-state index is 0.00783. The van der Waals surface area contributed by atoms with Gasteiger partial charge in [-0.3, -0.25) is 4.79 Å². The van der Waals surface area contributed by atoms with Gasteiger partial charge in [0.1, 0.15) is 0 Å². The third kappa shape index (κ3) is 4.93. The molecule has 5 nitrogen and oxygen atoms in total. The van der Waals surface area contributed by atoms with Crippen molar-refractivity contribution in [2.75, 3.05) is 12.3 Å². The Morgan fingerprint density at radius 3 is 2.74 bits per heavy atom. The second kappa shape index (κ2) is 7.62. The molecule has 2 amide bonds. The summed E-state index contributed by atoms with van der Waals surface area (Å²) in [5.41, 5.74) is 0. The number of hydrogen-bond acceptors (Lipinski definition) is 3. The molecular weight excluding hydrogens is 264 g/mol. The van der Waals surface area contributed by atoms with Gasteiger partial charge in [-0.15, -0.1) is 0 Å². The van der Waals surface area contributed by atoms with Crippen molar-refractivity contribution in [3.63, 3.8) is 0 Å². The minimum Gasteiger partial charge on any atom is -0.481 e. The molecule has 0 spiro atoms. The zero-order valence-electron chi connectivity index (χ0n) is 11.9. The first-order valence-electron chi connectivity index (χ1n) is 6.86. The fourth-order valence-corrected chi connectivity index (χ4v) is 3.36. The molecule has 1 aliphatic rings. The van der Waals surface area contributed by atoms with Gasteiger partial charge in [-0.25, -0.2) is 4.79 Å². The normalized spacial score (nSPS) is 24.9. The van der Waals surface area contributed by atoms with Crippen LogP contribution in [0.4, 0.5) is 4.79 Å². The molecule has 2 N–H and O–H groups in total. The number of carboxylic acids is 1. The number of carbonyl (C=O) groups is 2. The van der Waals surface area contributed by atoms with Crippen LogP contribution in [-0.2, 0) is 4.79 Å². The third-order valence-corrected chi connectivity index (χ3v) is 4.87. The zero-order chi connectivity index (χ0) is 14.4. The summed E-state index contributed by atoms with van der Waals surface area (Å²) in [6.07, 6.45) is 1.55. The summed E-state index contributed by atoms with van der Waals surface area (Å²) in [6, 6.07) is -0.211. The standard InChI is InChI=1S/C13H24N2O3S/c1-4-5-11(8-12(16)17)14-13(18)15-6-7-19-10(3)9(15)2/h9-11H,4-8H2,1-3H3,(H,14,18)(H,16,17). The Kier molecular flexibility index (Phi) is 6.48. The topological polar surface area (TPSA) is 69.6 Å². The summed E-state index contributed by atoms with van der Waals surface area (Å²) >= 11 is 1.87. The number of carboxylic acid groups (broad SMARTS) is 1. The molecule has 0 aromatic heterocycles. The molecule has 1 heterocycles. The number of carbonyl (C=O) groups excluding carboxylic acids is 1. The van der Waals surface area contributed by atoms with E-state index in [0.717, 1.165) is 18.7 Å². The van der Waals surface area contributed by atoms with Crippen molar-refractivity contribution in [3.8, 4) is 0 Å². The lowest BCUT2D eigenvalue weighted by Gasteiger charge is -2.38. The lowest BCUT2D eigenvalue weighted by atomic mass is 10.1. The van der Waals surface area contributed by atoms with E-state index in [1.807, 2.05) is 30.5 Å². The highest BCUT2D eigenvalue weighted by Crippen LogP contribution is 2.24. The van der Waals surface area contributed by atoms with E-state index >= 15 is 0 Å². The molecule has 0 aliphatic carbocycles. The quantitative estimate of drug-likeness (QED) is 0.813. The van der Waals surface area contributed by atoms with Crippen LogP contribution < -0.4 is 5.32 Å². The molecule has 110 valence electrons. The first-order chi connectivity index (χ1) is 8.95. The molecule has 0 bridgehead atoms. The summed E-state index contributed by atoms with van der Waals surface area (Å²) in [6.45, 7) is 6.88. The number of hydrogen-bond donors (Lipinski definition) is 2. The fourth-order valence-electron chi connectivity index (χ4n) is 2.26. The predicted molar refractivity (Wildman–Crippen MR) is 77.6 cm³/mol. The van der Waals surface area contributed by atoms with Gasteiger partial charge in [0.05, 0.1) is 6.42 Å². The first-order valence-corrected chi connectivity index (χ1v) is 7.91. The molecule has 1 aliphatic heterocycles. The smallest absolute Gasteiger partial charge is 0.317 e. The van der Waals surface area contributed by atoms with Gasteiger partial charge in [0.15, 0.2) is 0 Å². The van der Waals surface area contributed by atoms with E-state index in [1.165, 1.54) is 0 Å². The molecule has 1 saturated heterocycles. The van der Waals surface area contributed by atoms with Crippen molar-refractivity contribution in [1.29, 1.82) is 0 Å². The van der Waals surface area contributed by atoms with Crippen LogP contribution in [0.15, 0.2) is 0 Å². The van der Waals surface area contributed by atoms with Crippen LogP contribution in [0.5, 0.6) is 0 Å². The van der Waals surface area contributed by atoms with Crippen LogP contribution in [0.1, 0.15) is 40.0 Å². The van der Waals surface area contributed by atoms with E-state index < -0.39 is 5.97 Å². The number of nitrogens with one attached hydrogen (secondary N) is 1. The largest absolute Gasteiger partial charge is 0.481 e. The van der Waals surface area contributed by atoms with Crippen LogP contribution in [0.2, 0.25) is 0 Å². The number of urea groups is 1. The number of nitrogens with zero attached hydrogens (tertiary/aromatic N) is 1. The van der Waals surface area contributed by atoms with E-state index in [-0.39, 0.29) is 24.5 Å². The fraction of sp³-hybridized carbons (Fsp3) is 0.846. The molecule has 19 heavy (non-hydrogen) atoms. The summed E-state index contributed by atoms with van der Waals surface area (Å²) < 4.78 is 0. The Balaban J connectivity index is 2.57. The van der Waals surface area contributed by atoms with Crippen LogP contribution in [0.25, 0.3) is 0 Å². The second-order valence-electron chi connectivity index (χ2n) is 5.04. The maximum atomic E-state index is 12.2. The van der Waals surface area contributed by atoms with Crippen molar-refractivity contribution in [2.45, 2.75) is 57.4 Å². The van der Waals surface area contributed by atoms with E-state index in [2.05, 4.69) is 12.2 Å². The SMILES string of the molecule is CCCC(CC(=O)O)NC(=O)N1CCSC(C)C1C. The molecule has 6 heteroatoms. The minimum atomic E-state index is -0.866. The van der Waals surface area contributed by atoms with Gasteiger partial charge in [-0.05, 0) is 13.3 Å². The summed E-state index contributed by atoms with van der Waals surface area (Å²) in [7, 11) is 0. The average molecular weight is 288 g/mol. The van der Waals surface area contributed by atoms with E-state index in [4.69, 9.17) is 5.11 Å². The van der Waals surface area contributed by atoms with Crippen LogP contribution in [-0.4, -0.2) is 51.6 Å². The van der Waals surface area contributed by atoms with Crippen molar-refractivity contribution in [3.05, 3.63) is 0 Å². The summed E-state index contributed by atoms with van der Waals surface area (Å²) in [5.74, 6) is 0.0744. The van der Waals surface area contributed by atoms with E-state index in [9.17, 15) is 9.59 Å². The Hall–Kier alpha value is -0.910. The third-order valence-electron chi connectivity index (χ3n) is 3.53. The molecule has 0 saturated carbocycles. The highest BCUT2D eigenvalue weighted by molar-refractivity contribution is 8.00. The molecule has 1 rings (SSSR count). The molecule has 0 aromatic carbocycles. The summed E-state index contributed by atoms with van der Waals surface area (Å²) in [5, 5.41) is 12.1. The van der Waals surface area contributed by atoms with E-state index in [0.29, 0.717) is 11.7 Å². The molecular formula is C13H24N2O3S. The van der Waals surface area contributed by atoms with Gasteiger partial charge >= 0.3 is 12.0 Å². The van der Waals surface area contributed by atoms with Gasteiger partial charge in [0.2, 0.25) is 0 Å². The van der Waals surface area contributed by atoms with Crippen molar-refractivity contribution < 1.29 is 14.7 Å². The summed E-state index contributed by atoms with van der Waals surface area (Å²) in [4.78, 5) is 24.8. The van der Waals surface area contributed by atoms with E-state index in [1.54, 1.807) is 0 Å². The maximum absolute atomic E-state index is 12.2. The van der Waals surface area contributed by atoms with Crippen LogP contribution in [0, 0.1) is 0 Å². The first kappa shape index (κ1) is 16.1. The van der Waals surface area contributed by atoms with Gasteiger partial charge in [-0.1, -0.05) is 20.3 Å².